The van der Waals surface area contributed by atoms with E-state index in [9.17, 15) is 4.79 Å². The number of nitrogens with one attached hydrogen (secondary N) is 1. The molecule has 0 saturated carbocycles. The normalized spacial score (nSPS) is 14.6. The van der Waals surface area contributed by atoms with Gasteiger partial charge in [0.2, 0.25) is 6.23 Å². The molecular formula is C25H20N2O4S. The number of thiazole rings is 1. The van der Waals surface area contributed by atoms with Crippen molar-refractivity contribution >= 4 is 22.4 Å². The van der Waals surface area contributed by atoms with E-state index in [-0.39, 0.29) is 0 Å². The van der Waals surface area contributed by atoms with Gasteiger partial charge in [0, 0.05) is 16.5 Å². The van der Waals surface area contributed by atoms with E-state index in [1.807, 2.05) is 23.6 Å². The number of hydrogen-bond acceptors (Lipinski definition) is 7. The van der Waals surface area contributed by atoms with Crippen LogP contribution in [0.25, 0.3) is 22.4 Å². The lowest BCUT2D eigenvalue weighted by atomic mass is 10.0. The maximum Gasteiger partial charge on any atom is 0.344 e. The molecule has 0 spiro atoms. The minimum absolute atomic E-state index is 0.373. The van der Waals surface area contributed by atoms with Gasteiger partial charge in [-0.2, -0.15) is 0 Å². The summed E-state index contributed by atoms with van der Waals surface area (Å²) in [6, 6.07) is 22.1. The zero-order valence-electron chi connectivity index (χ0n) is 17.5. The zero-order chi connectivity index (χ0) is 22.1. The topological polar surface area (TPSA) is 69.7 Å². The fraction of sp³-hybridized carbons (Fsp3) is 0.120. The Labute approximate surface area is 189 Å². The summed E-state index contributed by atoms with van der Waals surface area (Å²) in [4.78, 5) is 17.2. The Morgan fingerprint density at radius 2 is 1.62 bits per heavy atom. The number of methoxy groups -OCH3 is 2. The second-order valence-electron chi connectivity index (χ2n) is 7.18. The van der Waals surface area contributed by atoms with Gasteiger partial charge < -0.3 is 19.5 Å². The smallest absolute Gasteiger partial charge is 0.344 e. The van der Waals surface area contributed by atoms with Crippen molar-refractivity contribution in [2.75, 3.05) is 19.5 Å². The SMILES string of the molecule is COc1ccc2c(c1OC)C(=O)O[C@@H]2Nc1nc(-c2ccc(-c3ccccc3)cc2)cs1. The van der Waals surface area contributed by atoms with Crippen molar-refractivity contribution in [1.29, 1.82) is 0 Å². The quantitative estimate of drug-likeness (QED) is 0.381. The van der Waals surface area contributed by atoms with Crippen LogP contribution in [0.2, 0.25) is 0 Å². The summed E-state index contributed by atoms with van der Waals surface area (Å²) in [5.41, 5.74) is 5.27. The van der Waals surface area contributed by atoms with Crippen molar-refractivity contribution in [3.63, 3.8) is 0 Å². The molecule has 0 fully saturated rings. The van der Waals surface area contributed by atoms with Gasteiger partial charge in [0.25, 0.3) is 0 Å². The van der Waals surface area contributed by atoms with Crippen molar-refractivity contribution in [1.82, 2.24) is 4.98 Å². The number of rotatable bonds is 6. The Bertz CT molecular complexity index is 1270. The Balaban J connectivity index is 1.36. The first-order chi connectivity index (χ1) is 15.7. The summed E-state index contributed by atoms with van der Waals surface area (Å²) in [6.07, 6.45) is -0.642. The van der Waals surface area contributed by atoms with Crippen LogP contribution in [-0.4, -0.2) is 25.2 Å². The maximum atomic E-state index is 12.5. The highest BCUT2D eigenvalue weighted by atomic mass is 32.1. The predicted molar refractivity (Wildman–Crippen MR) is 124 cm³/mol. The number of esters is 1. The van der Waals surface area contributed by atoms with Crippen molar-refractivity contribution in [3.8, 4) is 33.9 Å². The van der Waals surface area contributed by atoms with Crippen LogP contribution in [-0.2, 0) is 4.74 Å². The van der Waals surface area contributed by atoms with E-state index in [0.29, 0.717) is 27.8 Å². The van der Waals surface area contributed by atoms with Gasteiger partial charge in [-0.25, -0.2) is 9.78 Å². The molecule has 1 aliphatic heterocycles. The largest absolute Gasteiger partial charge is 0.493 e. The number of carbonyl (C=O) groups is 1. The van der Waals surface area contributed by atoms with Gasteiger partial charge in [0.05, 0.1) is 19.9 Å². The molecule has 0 unspecified atom stereocenters. The monoisotopic (exact) mass is 444 g/mol. The Morgan fingerprint density at radius 3 is 2.34 bits per heavy atom. The summed E-state index contributed by atoms with van der Waals surface area (Å²) in [6.45, 7) is 0. The number of hydrogen-bond donors (Lipinski definition) is 1. The van der Waals surface area contributed by atoms with Crippen LogP contribution < -0.4 is 14.8 Å². The highest BCUT2D eigenvalue weighted by molar-refractivity contribution is 7.14. The molecule has 3 aromatic carbocycles. The molecule has 7 heteroatoms. The van der Waals surface area contributed by atoms with E-state index >= 15 is 0 Å². The van der Waals surface area contributed by atoms with Crippen LogP contribution in [0.15, 0.2) is 72.1 Å². The fourth-order valence-electron chi connectivity index (χ4n) is 3.76. The number of anilines is 1. The Morgan fingerprint density at radius 1 is 0.906 bits per heavy atom. The molecule has 1 atom stereocenters. The van der Waals surface area contributed by atoms with Crippen molar-refractivity contribution in [2.45, 2.75) is 6.23 Å². The van der Waals surface area contributed by atoms with Gasteiger partial charge in [-0.1, -0.05) is 54.6 Å². The van der Waals surface area contributed by atoms with Crippen molar-refractivity contribution in [3.05, 3.63) is 83.2 Å². The van der Waals surface area contributed by atoms with Crippen LogP contribution in [0.5, 0.6) is 11.5 Å². The number of benzene rings is 3. The zero-order valence-corrected chi connectivity index (χ0v) is 18.3. The van der Waals surface area contributed by atoms with Crippen molar-refractivity contribution in [2.24, 2.45) is 0 Å². The van der Waals surface area contributed by atoms with E-state index in [1.165, 1.54) is 31.1 Å². The summed E-state index contributed by atoms with van der Waals surface area (Å²) in [5, 5.41) is 5.85. The summed E-state index contributed by atoms with van der Waals surface area (Å²) in [7, 11) is 3.03. The minimum atomic E-state index is -0.642. The third-order valence-corrected chi connectivity index (χ3v) is 6.11. The lowest BCUT2D eigenvalue weighted by molar-refractivity contribution is 0.0435. The van der Waals surface area contributed by atoms with Gasteiger partial charge in [0.15, 0.2) is 16.6 Å². The van der Waals surface area contributed by atoms with Gasteiger partial charge >= 0.3 is 5.97 Å². The lowest BCUT2D eigenvalue weighted by Gasteiger charge is -2.13. The maximum absolute atomic E-state index is 12.5. The molecule has 1 aromatic heterocycles. The molecule has 2 heterocycles. The highest BCUT2D eigenvalue weighted by Crippen LogP contribution is 2.42. The van der Waals surface area contributed by atoms with Gasteiger partial charge in [-0.15, -0.1) is 11.3 Å². The molecule has 5 rings (SSSR count). The number of cyclic esters (lactones) is 1. The number of aromatic nitrogens is 1. The molecule has 0 radical (unpaired) electrons. The number of nitrogens with zero attached hydrogens (tertiary/aromatic N) is 1. The summed E-state index contributed by atoms with van der Waals surface area (Å²) in [5.74, 6) is 0.401. The third-order valence-electron chi connectivity index (χ3n) is 5.34. The molecule has 0 aliphatic carbocycles. The molecule has 1 N–H and O–H groups in total. The number of carbonyl (C=O) groups excluding carboxylic acids is 1. The second-order valence-corrected chi connectivity index (χ2v) is 8.03. The first-order valence-corrected chi connectivity index (χ1v) is 10.9. The molecule has 160 valence electrons. The van der Waals surface area contributed by atoms with Crippen LogP contribution in [0.4, 0.5) is 5.13 Å². The molecule has 0 saturated heterocycles. The standard InChI is InChI=1S/C25H20N2O4S/c1-29-20-13-12-18-21(22(20)30-2)24(28)31-23(18)27-25-26-19(14-32-25)17-10-8-16(9-11-17)15-6-4-3-5-7-15/h3-14,23H,1-2H3,(H,26,27)/t23-/m0/s1. The van der Waals surface area contributed by atoms with E-state index in [0.717, 1.165) is 16.8 Å². The van der Waals surface area contributed by atoms with Crippen LogP contribution in [0.3, 0.4) is 0 Å². The minimum Gasteiger partial charge on any atom is -0.493 e. The van der Waals surface area contributed by atoms with Crippen molar-refractivity contribution < 1.29 is 19.0 Å². The molecule has 4 aromatic rings. The molecule has 1 aliphatic rings. The van der Waals surface area contributed by atoms with E-state index in [1.54, 1.807) is 12.1 Å². The Hall–Kier alpha value is -3.84. The first kappa shape index (κ1) is 20.1. The van der Waals surface area contributed by atoms with Crippen LogP contribution >= 0.6 is 11.3 Å². The van der Waals surface area contributed by atoms with Crippen LogP contribution in [0.1, 0.15) is 22.1 Å². The molecule has 6 nitrogen and oxygen atoms in total. The third kappa shape index (κ3) is 3.56. The fourth-order valence-corrected chi connectivity index (χ4v) is 4.49. The van der Waals surface area contributed by atoms with Gasteiger partial charge in [-0.3, -0.25) is 0 Å². The number of ether oxygens (including phenoxy) is 3. The van der Waals surface area contributed by atoms with Gasteiger partial charge in [0.1, 0.15) is 5.56 Å². The second kappa shape index (κ2) is 8.36. The predicted octanol–water partition coefficient (Wildman–Crippen LogP) is 5.78. The molecular weight excluding hydrogens is 424 g/mol. The van der Waals surface area contributed by atoms with Gasteiger partial charge in [-0.05, 0) is 23.3 Å². The molecule has 0 bridgehead atoms. The summed E-state index contributed by atoms with van der Waals surface area (Å²) < 4.78 is 16.2. The average Bonchev–Trinajstić information content (AvgIpc) is 3.44. The van der Waals surface area contributed by atoms with E-state index in [4.69, 9.17) is 14.2 Å². The van der Waals surface area contributed by atoms with E-state index < -0.39 is 12.2 Å². The molecule has 0 amide bonds. The Kier molecular flexibility index (Phi) is 5.25. The van der Waals surface area contributed by atoms with Crippen LogP contribution in [0, 0.1) is 0 Å². The van der Waals surface area contributed by atoms with E-state index in [2.05, 4.69) is 46.7 Å². The summed E-state index contributed by atoms with van der Waals surface area (Å²) >= 11 is 1.46. The number of fused-ring (bicyclic) bond motifs is 1. The average molecular weight is 445 g/mol. The lowest BCUT2D eigenvalue weighted by Crippen LogP contribution is -2.10. The highest BCUT2D eigenvalue weighted by Gasteiger charge is 2.36. The molecule has 32 heavy (non-hydrogen) atoms. The first-order valence-electron chi connectivity index (χ1n) is 10.0.